The number of para-hydroxylation sites is 1. The molecule has 0 aliphatic carbocycles. The molecular formula is C61H41N3S. The molecule has 0 fully saturated rings. The molecule has 0 radical (unpaired) electrons. The summed E-state index contributed by atoms with van der Waals surface area (Å²) in [6.07, 6.45) is 0. The normalized spacial score (nSPS) is 11.4. The van der Waals surface area contributed by atoms with Crippen molar-refractivity contribution in [1.29, 1.82) is 0 Å². The molecule has 0 spiro atoms. The van der Waals surface area contributed by atoms with Crippen molar-refractivity contribution in [3.8, 4) is 60.8 Å². The first-order chi connectivity index (χ1) is 32.2. The Labute approximate surface area is 382 Å². The topological polar surface area (TPSA) is 21.1 Å². The molecule has 0 amide bonds. The van der Waals surface area contributed by atoms with Crippen LogP contribution in [0.2, 0.25) is 0 Å². The van der Waals surface area contributed by atoms with Gasteiger partial charge in [-0.25, -0.2) is 4.98 Å². The van der Waals surface area contributed by atoms with Gasteiger partial charge in [-0.3, -0.25) is 0 Å². The number of benzene rings is 10. The van der Waals surface area contributed by atoms with E-state index in [2.05, 4.69) is 258 Å². The van der Waals surface area contributed by atoms with Crippen LogP contribution in [0.25, 0.3) is 92.8 Å². The Bertz CT molecular complexity index is 3510. The average molecular weight is 848 g/mol. The smallest absolute Gasteiger partial charge is 0.124 e. The van der Waals surface area contributed by atoms with Crippen LogP contribution >= 0.6 is 11.3 Å². The lowest BCUT2D eigenvalue weighted by molar-refractivity contribution is 1.18. The molecule has 0 saturated carbocycles. The zero-order valence-electron chi connectivity index (χ0n) is 35.4. The molecule has 2 heterocycles. The van der Waals surface area contributed by atoms with E-state index in [9.17, 15) is 0 Å². The van der Waals surface area contributed by atoms with Crippen LogP contribution in [0, 0.1) is 0 Å². The van der Waals surface area contributed by atoms with E-state index in [1.165, 1.54) is 66.3 Å². The lowest BCUT2D eigenvalue weighted by Gasteiger charge is -2.26. The highest BCUT2D eigenvalue weighted by atomic mass is 32.1. The minimum atomic E-state index is 0.987. The second kappa shape index (κ2) is 16.4. The molecule has 12 rings (SSSR count). The number of nitrogens with zero attached hydrogens (tertiary/aromatic N) is 3. The van der Waals surface area contributed by atoms with Crippen LogP contribution in [-0.4, -0.2) is 9.55 Å². The minimum Gasteiger partial charge on any atom is -0.310 e. The van der Waals surface area contributed by atoms with Gasteiger partial charge in [0.05, 0.1) is 21.3 Å². The number of hydrogen-bond acceptors (Lipinski definition) is 3. The lowest BCUT2D eigenvalue weighted by atomic mass is 9.99. The zero-order valence-corrected chi connectivity index (χ0v) is 36.2. The Morgan fingerprint density at radius 3 is 1.22 bits per heavy atom. The molecule has 0 saturated heterocycles. The molecule has 12 aromatic rings. The summed E-state index contributed by atoms with van der Waals surface area (Å²) in [5, 5.41) is 3.41. The van der Waals surface area contributed by atoms with Gasteiger partial charge in [0, 0.05) is 39.1 Å². The van der Waals surface area contributed by atoms with Crippen molar-refractivity contribution in [3.63, 3.8) is 0 Å². The molecule has 306 valence electrons. The van der Waals surface area contributed by atoms with Crippen molar-refractivity contribution >= 4 is 60.4 Å². The molecule has 4 heteroatoms. The van der Waals surface area contributed by atoms with E-state index in [1.807, 2.05) is 0 Å². The standard InChI is InChI=1S/C61H41N3S/c1-5-13-42(14-6-1)45-21-23-48(24-22-45)49-29-37-58-55(39-49)56-40-50(30-38-59(56)64(58)51-19-11-4-12-20-51)61-62-57-36-35-54(41-60(57)65-61)63(52-31-25-46(26-32-52)43-15-7-2-8-16-43)53-33-27-47(28-34-53)44-17-9-3-10-18-44/h1-41H. The summed E-state index contributed by atoms with van der Waals surface area (Å²) < 4.78 is 3.52. The van der Waals surface area contributed by atoms with Gasteiger partial charge in [0.15, 0.2) is 0 Å². The van der Waals surface area contributed by atoms with Gasteiger partial charge >= 0.3 is 0 Å². The Hall–Kier alpha value is -8.31. The summed E-state index contributed by atoms with van der Waals surface area (Å²) in [5.74, 6) is 0. The van der Waals surface area contributed by atoms with E-state index in [-0.39, 0.29) is 0 Å². The van der Waals surface area contributed by atoms with Crippen molar-refractivity contribution < 1.29 is 0 Å². The van der Waals surface area contributed by atoms with Crippen molar-refractivity contribution in [1.82, 2.24) is 9.55 Å². The number of thiazole rings is 1. The molecule has 0 atom stereocenters. The van der Waals surface area contributed by atoms with Gasteiger partial charge in [0.2, 0.25) is 0 Å². The van der Waals surface area contributed by atoms with E-state index in [4.69, 9.17) is 4.98 Å². The van der Waals surface area contributed by atoms with E-state index in [0.29, 0.717) is 0 Å². The number of anilines is 3. The first-order valence-electron chi connectivity index (χ1n) is 22.0. The van der Waals surface area contributed by atoms with Crippen LogP contribution < -0.4 is 4.90 Å². The van der Waals surface area contributed by atoms with Crippen molar-refractivity contribution in [2.45, 2.75) is 0 Å². The fourth-order valence-electron chi connectivity index (χ4n) is 9.17. The summed E-state index contributed by atoms with van der Waals surface area (Å²) in [4.78, 5) is 7.61. The van der Waals surface area contributed by atoms with Crippen molar-refractivity contribution in [2.24, 2.45) is 0 Å². The molecule has 0 unspecified atom stereocenters. The van der Waals surface area contributed by atoms with Crippen LogP contribution in [-0.2, 0) is 0 Å². The Morgan fingerprint density at radius 2 is 0.708 bits per heavy atom. The minimum absolute atomic E-state index is 0.987. The zero-order chi connectivity index (χ0) is 43.1. The molecule has 0 aliphatic rings. The highest BCUT2D eigenvalue weighted by Crippen LogP contribution is 2.42. The Morgan fingerprint density at radius 1 is 0.323 bits per heavy atom. The van der Waals surface area contributed by atoms with Crippen molar-refractivity contribution in [3.05, 3.63) is 249 Å². The third kappa shape index (κ3) is 7.26. The molecule has 3 nitrogen and oxygen atoms in total. The van der Waals surface area contributed by atoms with Gasteiger partial charge in [0.1, 0.15) is 5.01 Å². The number of hydrogen-bond donors (Lipinski definition) is 0. The molecule has 0 N–H and O–H groups in total. The van der Waals surface area contributed by atoms with Gasteiger partial charge in [-0.2, -0.15) is 0 Å². The predicted octanol–water partition coefficient (Wildman–Crippen LogP) is 17.2. The monoisotopic (exact) mass is 847 g/mol. The first kappa shape index (κ1) is 38.4. The first-order valence-corrected chi connectivity index (χ1v) is 22.8. The quantitative estimate of drug-likeness (QED) is 0.144. The average Bonchev–Trinajstić information content (AvgIpc) is 3.97. The highest BCUT2D eigenvalue weighted by molar-refractivity contribution is 7.21. The third-order valence-corrected chi connectivity index (χ3v) is 13.5. The maximum atomic E-state index is 5.26. The van der Waals surface area contributed by atoms with Gasteiger partial charge in [0.25, 0.3) is 0 Å². The summed E-state index contributed by atoms with van der Waals surface area (Å²) >= 11 is 1.74. The fraction of sp³-hybridized carbons (Fsp3) is 0. The maximum absolute atomic E-state index is 5.26. The van der Waals surface area contributed by atoms with Crippen LogP contribution in [0.5, 0.6) is 0 Å². The Balaban J connectivity index is 0.939. The van der Waals surface area contributed by atoms with E-state index >= 15 is 0 Å². The van der Waals surface area contributed by atoms with Gasteiger partial charge in [-0.1, -0.05) is 164 Å². The summed E-state index contributed by atoms with van der Waals surface area (Å²) in [6.45, 7) is 0. The molecule has 10 aromatic carbocycles. The molecule has 65 heavy (non-hydrogen) atoms. The Kier molecular flexibility index (Phi) is 9.70. The maximum Gasteiger partial charge on any atom is 0.124 e. The molecule has 2 aromatic heterocycles. The van der Waals surface area contributed by atoms with E-state index in [0.717, 1.165) is 43.5 Å². The number of aromatic nitrogens is 2. The van der Waals surface area contributed by atoms with E-state index < -0.39 is 0 Å². The van der Waals surface area contributed by atoms with Crippen LogP contribution in [0.1, 0.15) is 0 Å². The van der Waals surface area contributed by atoms with Gasteiger partial charge in [-0.05, 0) is 129 Å². The van der Waals surface area contributed by atoms with Crippen LogP contribution in [0.15, 0.2) is 249 Å². The molecule has 0 bridgehead atoms. The van der Waals surface area contributed by atoms with Crippen LogP contribution in [0.3, 0.4) is 0 Å². The number of fused-ring (bicyclic) bond motifs is 4. The largest absolute Gasteiger partial charge is 0.310 e. The SMILES string of the molecule is c1ccc(-c2ccc(-c3ccc4c(c3)c3cc(-c5nc6ccc(N(c7ccc(-c8ccccc8)cc7)c7ccc(-c8ccccc8)cc7)cc6s5)ccc3n4-c3ccccc3)cc2)cc1. The second-order valence-electron chi connectivity index (χ2n) is 16.4. The van der Waals surface area contributed by atoms with Gasteiger partial charge < -0.3 is 9.47 Å². The van der Waals surface area contributed by atoms with Crippen molar-refractivity contribution in [2.75, 3.05) is 4.90 Å². The second-order valence-corrected chi connectivity index (χ2v) is 17.4. The fourth-order valence-corrected chi connectivity index (χ4v) is 10.2. The highest BCUT2D eigenvalue weighted by Gasteiger charge is 2.18. The van der Waals surface area contributed by atoms with E-state index in [1.54, 1.807) is 11.3 Å². The third-order valence-electron chi connectivity index (χ3n) is 12.4. The van der Waals surface area contributed by atoms with Crippen LogP contribution in [0.4, 0.5) is 17.1 Å². The predicted molar refractivity (Wildman–Crippen MR) is 276 cm³/mol. The summed E-state index contributed by atoms with van der Waals surface area (Å²) in [5.41, 5.74) is 18.4. The number of rotatable bonds is 9. The summed E-state index contributed by atoms with van der Waals surface area (Å²) in [6, 6.07) is 89.4. The summed E-state index contributed by atoms with van der Waals surface area (Å²) in [7, 11) is 0. The molecular weight excluding hydrogens is 807 g/mol. The lowest BCUT2D eigenvalue weighted by Crippen LogP contribution is -2.09. The molecule has 0 aliphatic heterocycles. The van der Waals surface area contributed by atoms with Gasteiger partial charge in [-0.15, -0.1) is 11.3 Å².